The molecule has 1 N–H and O–H groups in total. The van der Waals surface area contributed by atoms with Crippen LogP contribution in [0, 0.1) is 13.8 Å². The molecule has 0 aromatic heterocycles. The van der Waals surface area contributed by atoms with Crippen LogP contribution in [0.3, 0.4) is 0 Å². The van der Waals surface area contributed by atoms with Gasteiger partial charge in [-0.05, 0) is 68.0 Å². The molecular formula is C26H32Cl2N2O3. The summed E-state index contributed by atoms with van der Waals surface area (Å²) in [5.41, 5.74) is 2.81. The zero-order chi connectivity index (χ0) is 24.0. The summed E-state index contributed by atoms with van der Waals surface area (Å²) in [6.07, 6.45) is 4.69. The van der Waals surface area contributed by atoms with Crippen LogP contribution in [-0.2, 0) is 16.1 Å². The minimum atomic E-state index is -0.618. The summed E-state index contributed by atoms with van der Waals surface area (Å²) in [6.45, 7) is 5.90. The highest BCUT2D eigenvalue weighted by molar-refractivity contribution is 6.35. The smallest absolute Gasteiger partial charge is 0.261 e. The molecule has 0 aliphatic heterocycles. The zero-order valence-electron chi connectivity index (χ0n) is 19.5. The van der Waals surface area contributed by atoms with Crippen molar-refractivity contribution in [1.29, 1.82) is 0 Å². The molecule has 178 valence electrons. The highest BCUT2D eigenvalue weighted by Gasteiger charge is 2.31. The van der Waals surface area contributed by atoms with E-state index in [1.165, 1.54) is 0 Å². The van der Waals surface area contributed by atoms with Crippen molar-refractivity contribution >= 4 is 35.0 Å². The molecule has 1 aliphatic carbocycles. The predicted molar refractivity (Wildman–Crippen MR) is 133 cm³/mol. The minimum Gasteiger partial charge on any atom is -0.483 e. The van der Waals surface area contributed by atoms with Gasteiger partial charge in [-0.25, -0.2) is 0 Å². The molecule has 0 spiro atoms. The van der Waals surface area contributed by atoms with Crippen molar-refractivity contribution in [3.63, 3.8) is 0 Å². The summed E-state index contributed by atoms with van der Waals surface area (Å²) in [4.78, 5) is 28.1. The number of carbonyl (C=O) groups excluding carboxylic acids is 2. The molecule has 1 saturated carbocycles. The third-order valence-corrected chi connectivity index (χ3v) is 6.94. The number of hydrogen-bond acceptors (Lipinski definition) is 3. The SMILES string of the molecule is CCC(C(=O)NC1CCCC1)N(Cc1ccc(Cl)cc1Cl)C(=O)COc1cccc(C)c1C. The summed E-state index contributed by atoms with van der Waals surface area (Å²) in [6, 6.07) is 10.5. The van der Waals surface area contributed by atoms with Crippen LogP contribution >= 0.6 is 23.2 Å². The van der Waals surface area contributed by atoms with Crippen LogP contribution in [0.1, 0.15) is 55.7 Å². The number of carbonyl (C=O) groups is 2. The molecular weight excluding hydrogens is 459 g/mol. The van der Waals surface area contributed by atoms with Crippen LogP contribution in [0.15, 0.2) is 36.4 Å². The first-order valence-electron chi connectivity index (χ1n) is 11.5. The van der Waals surface area contributed by atoms with Gasteiger partial charge in [0.1, 0.15) is 11.8 Å². The average molecular weight is 491 g/mol. The Bertz CT molecular complexity index is 989. The summed E-state index contributed by atoms with van der Waals surface area (Å²) in [7, 11) is 0. The molecule has 1 unspecified atom stereocenters. The summed E-state index contributed by atoms with van der Waals surface area (Å²) >= 11 is 12.4. The maximum absolute atomic E-state index is 13.4. The molecule has 0 heterocycles. The Morgan fingerprint density at radius 2 is 1.88 bits per heavy atom. The number of rotatable bonds is 9. The number of amides is 2. The Labute approximate surface area is 206 Å². The second-order valence-electron chi connectivity index (χ2n) is 8.66. The molecule has 3 rings (SSSR count). The number of ether oxygens (including phenoxy) is 1. The van der Waals surface area contributed by atoms with Crippen molar-refractivity contribution in [2.45, 2.75) is 71.5 Å². The van der Waals surface area contributed by atoms with Gasteiger partial charge in [0.25, 0.3) is 5.91 Å². The van der Waals surface area contributed by atoms with Crippen molar-refractivity contribution in [3.05, 3.63) is 63.1 Å². The standard InChI is InChI=1S/C26H32Cl2N2O3/c1-4-23(26(32)29-21-9-5-6-10-21)30(15-19-12-13-20(27)14-22(19)28)25(31)16-33-24-11-7-8-17(2)18(24)3/h7-8,11-14,21,23H,4-6,9-10,15-16H2,1-3H3,(H,29,32). The van der Waals surface area contributed by atoms with Crippen LogP contribution in [0.2, 0.25) is 10.0 Å². The minimum absolute atomic E-state index is 0.130. The molecule has 7 heteroatoms. The summed E-state index contributed by atoms with van der Waals surface area (Å²) in [5, 5.41) is 4.12. The number of aryl methyl sites for hydroxylation is 1. The van der Waals surface area contributed by atoms with E-state index in [2.05, 4.69) is 5.32 Å². The van der Waals surface area contributed by atoms with E-state index in [1.807, 2.05) is 39.0 Å². The van der Waals surface area contributed by atoms with Gasteiger partial charge in [-0.1, -0.05) is 61.2 Å². The van der Waals surface area contributed by atoms with E-state index in [1.54, 1.807) is 23.1 Å². The molecule has 5 nitrogen and oxygen atoms in total. The second kappa shape index (κ2) is 11.8. The van der Waals surface area contributed by atoms with Crippen molar-refractivity contribution in [2.75, 3.05) is 6.61 Å². The molecule has 2 amide bonds. The third kappa shape index (κ3) is 6.64. The maximum atomic E-state index is 13.4. The Kier molecular flexibility index (Phi) is 9.04. The zero-order valence-corrected chi connectivity index (χ0v) is 21.0. The van der Waals surface area contributed by atoms with Gasteiger partial charge in [0.15, 0.2) is 6.61 Å². The van der Waals surface area contributed by atoms with Crippen LogP contribution in [-0.4, -0.2) is 35.4 Å². The van der Waals surface area contributed by atoms with Gasteiger partial charge in [-0.2, -0.15) is 0 Å². The van der Waals surface area contributed by atoms with E-state index in [9.17, 15) is 9.59 Å². The summed E-state index contributed by atoms with van der Waals surface area (Å²) in [5.74, 6) is 0.265. The number of nitrogens with one attached hydrogen (secondary N) is 1. The highest BCUT2D eigenvalue weighted by atomic mass is 35.5. The van der Waals surface area contributed by atoms with Crippen LogP contribution in [0.25, 0.3) is 0 Å². The fourth-order valence-corrected chi connectivity index (χ4v) is 4.69. The molecule has 2 aromatic rings. The fraction of sp³-hybridized carbons (Fsp3) is 0.462. The molecule has 1 aliphatic rings. The number of nitrogens with zero attached hydrogens (tertiary/aromatic N) is 1. The Hall–Kier alpha value is -2.24. The molecule has 1 atom stereocenters. The van der Waals surface area contributed by atoms with Gasteiger partial charge in [0.05, 0.1) is 0 Å². The van der Waals surface area contributed by atoms with Gasteiger partial charge in [-0.3, -0.25) is 9.59 Å². The number of benzene rings is 2. The van der Waals surface area contributed by atoms with Gasteiger partial charge in [0, 0.05) is 22.6 Å². The van der Waals surface area contributed by atoms with Crippen molar-refractivity contribution < 1.29 is 14.3 Å². The summed E-state index contributed by atoms with van der Waals surface area (Å²) < 4.78 is 5.88. The van der Waals surface area contributed by atoms with E-state index >= 15 is 0 Å². The van der Waals surface area contributed by atoms with Crippen molar-refractivity contribution in [1.82, 2.24) is 10.2 Å². The van der Waals surface area contributed by atoms with E-state index in [4.69, 9.17) is 27.9 Å². The van der Waals surface area contributed by atoms with Crippen LogP contribution in [0.5, 0.6) is 5.75 Å². The van der Waals surface area contributed by atoms with E-state index < -0.39 is 6.04 Å². The van der Waals surface area contributed by atoms with Gasteiger partial charge >= 0.3 is 0 Å². The molecule has 0 saturated heterocycles. The number of halogens is 2. The van der Waals surface area contributed by atoms with Crippen molar-refractivity contribution in [2.24, 2.45) is 0 Å². The lowest BCUT2D eigenvalue weighted by Gasteiger charge is -2.31. The van der Waals surface area contributed by atoms with Crippen molar-refractivity contribution in [3.8, 4) is 5.75 Å². The van der Waals surface area contributed by atoms with E-state index in [0.717, 1.165) is 42.4 Å². The molecule has 0 radical (unpaired) electrons. The Morgan fingerprint density at radius 3 is 2.55 bits per heavy atom. The Balaban J connectivity index is 1.81. The monoisotopic (exact) mass is 490 g/mol. The Morgan fingerprint density at radius 1 is 1.15 bits per heavy atom. The quantitative estimate of drug-likeness (QED) is 0.479. The molecule has 2 aromatic carbocycles. The lowest BCUT2D eigenvalue weighted by Crippen LogP contribution is -2.52. The molecule has 33 heavy (non-hydrogen) atoms. The van der Waals surface area contributed by atoms with Gasteiger partial charge < -0.3 is 15.0 Å². The third-order valence-electron chi connectivity index (χ3n) is 6.35. The lowest BCUT2D eigenvalue weighted by atomic mass is 10.1. The van der Waals surface area contributed by atoms with Crippen LogP contribution < -0.4 is 10.1 Å². The van der Waals surface area contributed by atoms with Gasteiger partial charge in [0.2, 0.25) is 5.91 Å². The first-order chi connectivity index (χ1) is 15.8. The maximum Gasteiger partial charge on any atom is 0.261 e. The number of hydrogen-bond donors (Lipinski definition) is 1. The average Bonchev–Trinajstić information content (AvgIpc) is 3.29. The lowest BCUT2D eigenvalue weighted by molar-refractivity contribution is -0.143. The topological polar surface area (TPSA) is 58.6 Å². The molecule has 1 fully saturated rings. The normalized spacial score (nSPS) is 14.7. The fourth-order valence-electron chi connectivity index (χ4n) is 4.22. The largest absolute Gasteiger partial charge is 0.483 e. The second-order valence-corrected chi connectivity index (χ2v) is 9.50. The molecule has 0 bridgehead atoms. The van der Waals surface area contributed by atoms with E-state index in [-0.39, 0.29) is 31.0 Å². The predicted octanol–water partition coefficient (Wildman–Crippen LogP) is 5.86. The first-order valence-corrected chi connectivity index (χ1v) is 12.3. The van der Waals surface area contributed by atoms with E-state index in [0.29, 0.717) is 22.2 Å². The first kappa shape index (κ1) is 25.4. The van der Waals surface area contributed by atoms with Gasteiger partial charge in [-0.15, -0.1) is 0 Å². The highest BCUT2D eigenvalue weighted by Crippen LogP contribution is 2.25. The van der Waals surface area contributed by atoms with Crippen LogP contribution in [0.4, 0.5) is 0 Å².